The van der Waals surface area contributed by atoms with Gasteiger partial charge in [0.2, 0.25) is 5.88 Å². The van der Waals surface area contributed by atoms with E-state index >= 15 is 0 Å². The van der Waals surface area contributed by atoms with E-state index in [4.69, 9.17) is 16.3 Å². The van der Waals surface area contributed by atoms with Crippen LogP contribution in [0.5, 0.6) is 5.88 Å². The molecule has 0 spiro atoms. The van der Waals surface area contributed by atoms with E-state index < -0.39 is 23.5 Å². The van der Waals surface area contributed by atoms with Crippen molar-refractivity contribution in [2.24, 2.45) is 0 Å². The Bertz CT molecular complexity index is 1300. The average molecular weight is 515 g/mol. The Morgan fingerprint density at radius 3 is 2.54 bits per heavy atom. The Morgan fingerprint density at radius 1 is 1.11 bits per heavy atom. The first-order chi connectivity index (χ1) is 16.1. The molecule has 1 aliphatic rings. The summed E-state index contributed by atoms with van der Waals surface area (Å²) in [4.78, 5) is 19.2. The molecule has 1 aliphatic carbocycles. The first-order valence-electron chi connectivity index (χ1n) is 10.2. The first-order valence-corrected chi connectivity index (χ1v) is 10.6. The van der Waals surface area contributed by atoms with Crippen molar-refractivity contribution < 1.29 is 61.8 Å². The van der Waals surface area contributed by atoms with Gasteiger partial charge in [-0.1, -0.05) is 23.7 Å². The first kappa shape index (κ1) is 27.1. The van der Waals surface area contributed by atoms with Crippen molar-refractivity contribution >= 4 is 28.7 Å². The van der Waals surface area contributed by atoms with Crippen molar-refractivity contribution in [1.29, 1.82) is 0 Å². The molecule has 0 atom stereocenters. The van der Waals surface area contributed by atoms with E-state index in [1.54, 1.807) is 6.07 Å². The molecule has 176 valence electrons. The topological polar surface area (TPSA) is 75.1 Å². The van der Waals surface area contributed by atoms with E-state index in [2.05, 4.69) is 9.97 Å². The van der Waals surface area contributed by atoms with Crippen LogP contribution in [0.3, 0.4) is 0 Å². The average Bonchev–Trinajstić information content (AvgIpc) is 3.27. The van der Waals surface area contributed by atoms with E-state index in [-0.39, 0.29) is 63.9 Å². The molecule has 2 heterocycles. The molecule has 0 saturated heterocycles. The number of alkyl halides is 3. The SMILES string of the molecule is O=C([O-])c1cccc(C2=C(c3cc(C(F)(F)F)cnc3OCc3ccc(Cl)cc3F)CCC2)n1.[Na+]. The van der Waals surface area contributed by atoms with Crippen molar-refractivity contribution in [2.75, 3.05) is 0 Å². The number of pyridine rings is 2. The molecule has 11 heteroatoms. The predicted molar refractivity (Wildman–Crippen MR) is 114 cm³/mol. The number of benzene rings is 1. The summed E-state index contributed by atoms with van der Waals surface area (Å²) in [6.07, 6.45) is -2.50. The summed E-state index contributed by atoms with van der Waals surface area (Å²) < 4.78 is 60.1. The monoisotopic (exact) mass is 514 g/mol. The van der Waals surface area contributed by atoms with Crippen molar-refractivity contribution in [3.05, 3.63) is 87.6 Å². The van der Waals surface area contributed by atoms with Crippen molar-refractivity contribution in [3.63, 3.8) is 0 Å². The molecule has 0 N–H and O–H groups in total. The van der Waals surface area contributed by atoms with Crippen LogP contribution in [0.25, 0.3) is 11.1 Å². The third-order valence-corrected chi connectivity index (χ3v) is 5.60. The van der Waals surface area contributed by atoms with Crippen LogP contribution >= 0.6 is 11.6 Å². The molecule has 1 aromatic carbocycles. The molecule has 5 nitrogen and oxygen atoms in total. The molecule has 0 aliphatic heterocycles. The van der Waals surface area contributed by atoms with Crippen LogP contribution in [-0.4, -0.2) is 15.9 Å². The number of hydrogen-bond acceptors (Lipinski definition) is 5. The molecule has 0 saturated carbocycles. The predicted octanol–water partition coefficient (Wildman–Crippen LogP) is 2.33. The number of carboxylic acid groups (broad SMARTS) is 1. The van der Waals surface area contributed by atoms with Crippen molar-refractivity contribution in [3.8, 4) is 5.88 Å². The van der Waals surface area contributed by atoms with Gasteiger partial charge in [-0.2, -0.15) is 13.2 Å². The normalized spacial score (nSPS) is 13.5. The van der Waals surface area contributed by atoms with Crippen molar-refractivity contribution in [1.82, 2.24) is 9.97 Å². The van der Waals surface area contributed by atoms with Gasteiger partial charge < -0.3 is 14.6 Å². The van der Waals surface area contributed by atoms with Gasteiger partial charge in [-0.25, -0.2) is 14.4 Å². The van der Waals surface area contributed by atoms with Gasteiger partial charge in [-0.15, -0.1) is 0 Å². The number of ether oxygens (including phenoxy) is 1. The zero-order valence-corrected chi connectivity index (χ0v) is 21.2. The van der Waals surface area contributed by atoms with Crippen LogP contribution in [0.4, 0.5) is 17.6 Å². The minimum atomic E-state index is -4.64. The smallest absolute Gasteiger partial charge is 0.543 e. The third kappa shape index (κ3) is 6.22. The molecular weight excluding hydrogens is 499 g/mol. The molecule has 2 aromatic heterocycles. The van der Waals surface area contributed by atoms with E-state index in [0.29, 0.717) is 42.3 Å². The van der Waals surface area contributed by atoms with E-state index in [1.165, 1.54) is 24.3 Å². The maximum absolute atomic E-state index is 14.2. The fourth-order valence-corrected chi connectivity index (χ4v) is 3.92. The Morgan fingerprint density at radius 2 is 1.86 bits per heavy atom. The van der Waals surface area contributed by atoms with Gasteiger partial charge in [0, 0.05) is 22.3 Å². The maximum Gasteiger partial charge on any atom is 1.00 e. The maximum atomic E-state index is 14.2. The Labute approximate surface area is 225 Å². The molecule has 0 amide bonds. The van der Waals surface area contributed by atoms with Gasteiger partial charge in [0.05, 0.1) is 22.9 Å². The number of aromatic nitrogens is 2. The van der Waals surface area contributed by atoms with E-state index in [9.17, 15) is 27.5 Å². The molecule has 0 fully saturated rings. The van der Waals surface area contributed by atoms with Gasteiger partial charge in [0.25, 0.3) is 0 Å². The van der Waals surface area contributed by atoms with E-state index in [1.807, 2.05) is 0 Å². The minimum absolute atomic E-state index is 0. The van der Waals surface area contributed by atoms with Crippen LogP contribution in [0, 0.1) is 5.82 Å². The zero-order valence-electron chi connectivity index (χ0n) is 18.5. The largest absolute Gasteiger partial charge is 1.00 e. The third-order valence-electron chi connectivity index (χ3n) is 5.37. The summed E-state index contributed by atoms with van der Waals surface area (Å²) in [5, 5.41) is 11.4. The van der Waals surface area contributed by atoms with E-state index in [0.717, 1.165) is 12.1 Å². The van der Waals surface area contributed by atoms with Gasteiger partial charge in [0.15, 0.2) is 0 Å². The van der Waals surface area contributed by atoms with Gasteiger partial charge >= 0.3 is 35.7 Å². The molecule has 3 aromatic rings. The zero-order chi connectivity index (χ0) is 24.5. The number of nitrogens with zero attached hydrogens (tertiary/aromatic N) is 2. The van der Waals surface area contributed by atoms with Crippen LogP contribution in [-0.2, 0) is 12.8 Å². The number of aromatic carboxylic acids is 1. The molecule has 0 bridgehead atoms. The Hall–Kier alpha value is -2.46. The summed E-state index contributed by atoms with van der Waals surface area (Å²) in [7, 11) is 0. The Kier molecular flexibility index (Phi) is 8.58. The fourth-order valence-electron chi connectivity index (χ4n) is 3.76. The summed E-state index contributed by atoms with van der Waals surface area (Å²) in [6.45, 7) is -0.282. The molecule has 0 unspecified atom stereocenters. The second-order valence-electron chi connectivity index (χ2n) is 7.61. The molecule has 4 rings (SSSR count). The number of allylic oxidation sites excluding steroid dienone is 2. The second kappa shape index (κ2) is 11.1. The van der Waals surface area contributed by atoms with Crippen molar-refractivity contribution in [2.45, 2.75) is 32.0 Å². The van der Waals surface area contributed by atoms with Crippen LogP contribution in [0.1, 0.15) is 52.1 Å². The fraction of sp³-hybridized carbons (Fsp3) is 0.208. The van der Waals surface area contributed by atoms with Crippen LogP contribution in [0.2, 0.25) is 5.02 Å². The molecular formula is C24H16ClF4N2NaO3. The summed E-state index contributed by atoms with van der Waals surface area (Å²) in [6, 6.07) is 9.27. The van der Waals surface area contributed by atoms with Gasteiger partial charge in [-0.3, -0.25) is 0 Å². The van der Waals surface area contributed by atoms with Gasteiger partial charge in [0.1, 0.15) is 12.4 Å². The summed E-state index contributed by atoms with van der Waals surface area (Å²) in [5.41, 5.74) is 0.412. The standard InChI is InChI=1S/C24H17ClF4N2O3.Na/c25-15-8-7-13(19(26)10-15)12-34-22-18(9-14(11-30-22)24(27,28)29)16-3-1-4-17(16)20-5-2-6-21(31-20)23(32)33;/h2,5-11H,1,3-4,12H2,(H,32,33);/q;+1/p-1. The van der Waals surface area contributed by atoms with Crippen LogP contribution in [0.15, 0.2) is 48.7 Å². The number of halogens is 5. The summed E-state index contributed by atoms with van der Waals surface area (Å²) >= 11 is 5.76. The van der Waals surface area contributed by atoms with Gasteiger partial charge in [-0.05, 0) is 60.7 Å². The number of carbonyl (C=O) groups excluding carboxylic acids is 1. The number of hydrogen-bond donors (Lipinski definition) is 0. The second-order valence-corrected chi connectivity index (χ2v) is 8.04. The molecule has 0 radical (unpaired) electrons. The number of rotatable bonds is 6. The number of carbonyl (C=O) groups is 1. The van der Waals surface area contributed by atoms with Crippen LogP contribution < -0.4 is 39.4 Å². The number of carboxylic acids is 1. The Balaban J connectivity index is 0.00000342. The summed E-state index contributed by atoms with van der Waals surface area (Å²) in [5.74, 6) is -2.19. The quantitative estimate of drug-likeness (QED) is 0.373. The molecule has 35 heavy (non-hydrogen) atoms. The minimum Gasteiger partial charge on any atom is -0.543 e.